The number of benzene rings is 3. The van der Waals surface area contributed by atoms with Gasteiger partial charge in [0.15, 0.2) is 0 Å². The number of hydrogen-bond acceptors (Lipinski definition) is 4. The molecule has 2 N–H and O–H groups in total. The van der Waals surface area contributed by atoms with Crippen LogP contribution in [0.25, 0.3) is 10.8 Å². The summed E-state index contributed by atoms with van der Waals surface area (Å²) in [4.78, 5) is 24.3. The van der Waals surface area contributed by atoms with Gasteiger partial charge in [-0.1, -0.05) is 58.2 Å². The van der Waals surface area contributed by atoms with Gasteiger partial charge < -0.3 is 10.1 Å². The predicted molar refractivity (Wildman–Crippen MR) is 117 cm³/mol. The molecule has 0 aliphatic rings. The van der Waals surface area contributed by atoms with Crippen molar-refractivity contribution in [3.63, 3.8) is 0 Å². The molecular formula is C22H16BrN3O3. The van der Waals surface area contributed by atoms with E-state index in [1.807, 2.05) is 30.3 Å². The summed E-state index contributed by atoms with van der Waals surface area (Å²) in [6.45, 7) is 0.0995. The molecule has 7 heteroatoms. The Morgan fingerprint density at radius 3 is 2.72 bits per heavy atom. The van der Waals surface area contributed by atoms with Crippen molar-refractivity contribution >= 4 is 50.4 Å². The monoisotopic (exact) mass is 449 g/mol. The third-order valence-electron chi connectivity index (χ3n) is 3.90. The summed E-state index contributed by atoms with van der Waals surface area (Å²) in [5.41, 5.74) is 3.34. The Bertz CT molecular complexity index is 1130. The lowest BCUT2D eigenvalue weighted by atomic mass is 10.1. The number of terminal acetylenes is 1. The number of amides is 2. The van der Waals surface area contributed by atoms with E-state index < -0.39 is 11.8 Å². The van der Waals surface area contributed by atoms with Gasteiger partial charge >= 0.3 is 11.8 Å². The summed E-state index contributed by atoms with van der Waals surface area (Å²) in [6.07, 6.45) is 6.58. The Morgan fingerprint density at radius 2 is 1.90 bits per heavy atom. The molecule has 6 nitrogen and oxygen atoms in total. The van der Waals surface area contributed by atoms with E-state index >= 15 is 0 Å². The van der Waals surface area contributed by atoms with E-state index in [0.29, 0.717) is 17.0 Å². The van der Waals surface area contributed by atoms with E-state index in [1.165, 1.54) is 6.21 Å². The van der Waals surface area contributed by atoms with Gasteiger partial charge in [0, 0.05) is 21.1 Å². The molecule has 0 fully saturated rings. The first-order valence-corrected chi connectivity index (χ1v) is 9.36. The van der Waals surface area contributed by atoms with Crippen LogP contribution in [0.4, 0.5) is 5.69 Å². The van der Waals surface area contributed by atoms with Crippen LogP contribution < -0.4 is 15.5 Å². The fraction of sp³-hybridized carbons (Fsp3) is 0.0455. The van der Waals surface area contributed by atoms with Crippen molar-refractivity contribution in [2.45, 2.75) is 0 Å². The highest BCUT2D eigenvalue weighted by Crippen LogP contribution is 2.23. The summed E-state index contributed by atoms with van der Waals surface area (Å²) in [6, 6.07) is 18.3. The van der Waals surface area contributed by atoms with Crippen molar-refractivity contribution in [1.82, 2.24) is 5.43 Å². The molecule has 0 spiro atoms. The second-order valence-electron chi connectivity index (χ2n) is 5.85. The largest absolute Gasteiger partial charge is 0.480 e. The Hall–Kier alpha value is -3.63. The third-order valence-corrected chi connectivity index (χ3v) is 4.39. The zero-order valence-electron chi connectivity index (χ0n) is 15.2. The lowest BCUT2D eigenvalue weighted by Gasteiger charge is -2.08. The van der Waals surface area contributed by atoms with E-state index in [9.17, 15) is 9.59 Å². The van der Waals surface area contributed by atoms with E-state index in [0.717, 1.165) is 15.2 Å². The topological polar surface area (TPSA) is 79.8 Å². The molecule has 0 unspecified atom stereocenters. The first-order valence-electron chi connectivity index (χ1n) is 8.56. The Balaban J connectivity index is 1.67. The van der Waals surface area contributed by atoms with Crippen LogP contribution in [0.2, 0.25) is 0 Å². The maximum Gasteiger partial charge on any atom is 0.329 e. The van der Waals surface area contributed by atoms with Crippen molar-refractivity contribution in [3.8, 4) is 18.1 Å². The average Bonchev–Trinajstić information content (AvgIpc) is 2.73. The van der Waals surface area contributed by atoms with E-state index in [1.54, 1.807) is 30.3 Å². The second-order valence-corrected chi connectivity index (χ2v) is 6.77. The maximum atomic E-state index is 12.2. The highest BCUT2D eigenvalue weighted by atomic mass is 79.9. The molecule has 0 aliphatic carbocycles. The normalized spacial score (nSPS) is 10.5. The smallest absolute Gasteiger partial charge is 0.329 e. The first kappa shape index (κ1) is 20.1. The van der Waals surface area contributed by atoms with E-state index in [4.69, 9.17) is 11.2 Å². The van der Waals surface area contributed by atoms with Gasteiger partial charge in [-0.15, -0.1) is 6.42 Å². The van der Waals surface area contributed by atoms with Crippen LogP contribution in [-0.2, 0) is 9.59 Å². The molecule has 0 atom stereocenters. The molecule has 0 heterocycles. The number of carbonyl (C=O) groups is 2. The van der Waals surface area contributed by atoms with Gasteiger partial charge in [0.05, 0.1) is 6.21 Å². The maximum absolute atomic E-state index is 12.2. The van der Waals surface area contributed by atoms with Gasteiger partial charge in [-0.25, -0.2) is 5.43 Å². The number of hydrogen-bond donors (Lipinski definition) is 2. The number of anilines is 1. The number of nitrogens with one attached hydrogen (secondary N) is 2. The van der Waals surface area contributed by atoms with Crippen LogP contribution in [0, 0.1) is 12.3 Å². The van der Waals surface area contributed by atoms with Gasteiger partial charge in [-0.3, -0.25) is 9.59 Å². The van der Waals surface area contributed by atoms with E-state index in [2.05, 4.69) is 37.7 Å². The molecule has 2 amide bonds. The summed E-state index contributed by atoms with van der Waals surface area (Å²) >= 11 is 3.36. The molecule has 0 saturated heterocycles. The minimum atomic E-state index is -0.893. The van der Waals surface area contributed by atoms with Crippen LogP contribution in [-0.4, -0.2) is 24.6 Å². The van der Waals surface area contributed by atoms with Crippen molar-refractivity contribution in [3.05, 3.63) is 70.7 Å². The first-order chi connectivity index (χ1) is 14.1. The van der Waals surface area contributed by atoms with Crippen molar-refractivity contribution in [2.75, 3.05) is 11.9 Å². The Labute approximate surface area is 176 Å². The summed E-state index contributed by atoms with van der Waals surface area (Å²) in [5, 5.41) is 8.23. The standard InChI is InChI=1S/C22H16BrN3O3/c1-2-12-29-20-11-10-17(23)13-16(20)14-24-26-22(28)21(27)25-19-9-5-7-15-6-3-4-8-18(15)19/h1,3-11,13-14H,12H2,(H,25,27)(H,26,28)/b24-14+. The number of hydrazone groups is 1. The average molecular weight is 450 g/mol. The number of nitrogens with zero attached hydrogens (tertiary/aromatic N) is 1. The zero-order valence-corrected chi connectivity index (χ0v) is 16.8. The van der Waals surface area contributed by atoms with Gasteiger partial charge in [0.25, 0.3) is 0 Å². The van der Waals surface area contributed by atoms with Crippen molar-refractivity contribution < 1.29 is 14.3 Å². The lowest BCUT2D eigenvalue weighted by molar-refractivity contribution is -0.136. The fourth-order valence-corrected chi connectivity index (χ4v) is 2.97. The third kappa shape index (κ3) is 5.21. The van der Waals surface area contributed by atoms with Gasteiger partial charge in [0.2, 0.25) is 0 Å². The Morgan fingerprint density at radius 1 is 1.10 bits per heavy atom. The summed E-state index contributed by atoms with van der Waals surface area (Å²) < 4.78 is 6.22. The molecule has 0 saturated carbocycles. The molecule has 0 bridgehead atoms. The van der Waals surface area contributed by atoms with Crippen LogP contribution >= 0.6 is 15.9 Å². The fourth-order valence-electron chi connectivity index (χ4n) is 2.60. The number of halogens is 1. The number of ether oxygens (including phenoxy) is 1. The minimum Gasteiger partial charge on any atom is -0.480 e. The predicted octanol–water partition coefficient (Wildman–Crippen LogP) is 3.70. The Kier molecular flexibility index (Phi) is 6.61. The summed E-state index contributed by atoms with van der Waals surface area (Å²) in [7, 11) is 0. The molecular weight excluding hydrogens is 434 g/mol. The molecule has 144 valence electrons. The number of fused-ring (bicyclic) bond motifs is 1. The lowest BCUT2D eigenvalue weighted by Crippen LogP contribution is -2.32. The number of carbonyl (C=O) groups excluding carboxylic acids is 2. The quantitative estimate of drug-likeness (QED) is 0.269. The van der Waals surface area contributed by atoms with Gasteiger partial charge in [0.1, 0.15) is 12.4 Å². The molecule has 0 aromatic heterocycles. The van der Waals surface area contributed by atoms with Gasteiger partial charge in [-0.2, -0.15) is 5.10 Å². The molecule has 3 aromatic carbocycles. The zero-order chi connectivity index (χ0) is 20.6. The molecule has 0 aliphatic heterocycles. The van der Waals surface area contributed by atoms with Crippen molar-refractivity contribution in [1.29, 1.82) is 0 Å². The van der Waals surface area contributed by atoms with Crippen LogP contribution in [0.5, 0.6) is 5.75 Å². The second kappa shape index (κ2) is 9.53. The van der Waals surface area contributed by atoms with Crippen LogP contribution in [0.1, 0.15) is 5.56 Å². The summed E-state index contributed by atoms with van der Waals surface area (Å²) in [5.74, 6) is 1.17. The van der Waals surface area contributed by atoms with Crippen molar-refractivity contribution in [2.24, 2.45) is 5.10 Å². The molecule has 3 aromatic rings. The molecule has 0 radical (unpaired) electrons. The molecule has 3 rings (SSSR count). The highest BCUT2D eigenvalue weighted by Gasteiger charge is 2.14. The molecule has 29 heavy (non-hydrogen) atoms. The highest BCUT2D eigenvalue weighted by molar-refractivity contribution is 9.10. The number of rotatable bonds is 5. The van der Waals surface area contributed by atoms with Gasteiger partial charge in [-0.05, 0) is 29.7 Å². The van der Waals surface area contributed by atoms with Crippen LogP contribution in [0.15, 0.2) is 70.2 Å². The SMILES string of the molecule is C#CCOc1ccc(Br)cc1/C=N/NC(=O)C(=O)Nc1cccc2ccccc12. The minimum absolute atomic E-state index is 0.0995. The van der Waals surface area contributed by atoms with E-state index in [-0.39, 0.29) is 6.61 Å². The van der Waals surface area contributed by atoms with Crippen LogP contribution in [0.3, 0.4) is 0 Å².